The molecule has 2 rings (SSSR count). The zero-order valence-corrected chi connectivity index (χ0v) is 12.4. The maximum Gasteiger partial charge on any atom is 0.337 e. The van der Waals surface area contributed by atoms with Gasteiger partial charge in [-0.1, -0.05) is 37.9 Å². The molecular weight excluding hydrogens is 364 g/mol. The predicted molar refractivity (Wildman–Crippen MR) is 77.0 cm³/mol. The third kappa shape index (κ3) is 3.36. The molecule has 0 bridgehead atoms. The van der Waals surface area contributed by atoms with E-state index in [1.54, 1.807) is 23.4 Å². The lowest BCUT2D eigenvalue weighted by molar-refractivity contribution is -0.132. The van der Waals surface area contributed by atoms with E-state index in [0.717, 1.165) is 14.6 Å². The molecule has 0 spiro atoms. The molecule has 0 radical (unpaired) electrons. The molecular formula is C12H10Br2N2O2. The summed E-state index contributed by atoms with van der Waals surface area (Å²) >= 11 is 6.80. The second-order valence-corrected chi connectivity index (χ2v) is 5.55. The Bertz CT molecular complexity index is 521. The van der Waals surface area contributed by atoms with E-state index in [0.29, 0.717) is 6.54 Å². The molecule has 0 saturated heterocycles. The Labute approximate surface area is 121 Å². The second-order valence-electron chi connectivity index (χ2n) is 3.71. The van der Waals surface area contributed by atoms with E-state index < -0.39 is 5.97 Å². The van der Waals surface area contributed by atoms with Crippen molar-refractivity contribution in [3.8, 4) is 0 Å². The van der Waals surface area contributed by atoms with Crippen molar-refractivity contribution in [2.24, 2.45) is 0 Å². The van der Waals surface area contributed by atoms with Gasteiger partial charge in [-0.15, -0.1) is 0 Å². The monoisotopic (exact) mass is 372 g/mol. The van der Waals surface area contributed by atoms with Gasteiger partial charge in [0.2, 0.25) is 0 Å². The highest BCUT2D eigenvalue weighted by Gasteiger charge is 2.10. The molecule has 18 heavy (non-hydrogen) atoms. The maximum absolute atomic E-state index is 10.9. The van der Waals surface area contributed by atoms with Crippen molar-refractivity contribution >= 4 is 43.5 Å². The second kappa shape index (κ2) is 5.58. The molecule has 1 aromatic rings. The van der Waals surface area contributed by atoms with Gasteiger partial charge in [-0.2, -0.15) is 0 Å². The molecule has 6 heteroatoms. The van der Waals surface area contributed by atoms with Gasteiger partial charge in [0.1, 0.15) is 0 Å². The van der Waals surface area contributed by atoms with Gasteiger partial charge in [-0.25, -0.2) is 4.79 Å². The first-order valence-corrected chi connectivity index (χ1v) is 6.74. The number of nitrogens with zero attached hydrogens (tertiary/aromatic N) is 1. The average molecular weight is 374 g/mol. The number of nitrogens with one attached hydrogen (secondary N) is 1. The first-order chi connectivity index (χ1) is 8.54. The van der Waals surface area contributed by atoms with E-state index in [1.165, 1.54) is 0 Å². The molecule has 1 aromatic carbocycles. The number of rotatable bonds is 3. The molecule has 0 aromatic heterocycles. The largest absolute Gasteiger partial charge is 0.478 e. The highest BCUT2D eigenvalue weighted by molar-refractivity contribution is 9.11. The highest BCUT2D eigenvalue weighted by Crippen LogP contribution is 2.24. The van der Waals surface area contributed by atoms with Crippen molar-refractivity contribution in [3.63, 3.8) is 0 Å². The lowest BCUT2D eigenvalue weighted by Gasteiger charge is -2.24. The number of carboxylic acid groups (broad SMARTS) is 1. The number of hydrogen-bond acceptors (Lipinski definition) is 3. The number of aliphatic carboxylic acids is 1. The number of hydrogen-bond donors (Lipinski definition) is 2. The van der Waals surface area contributed by atoms with Crippen LogP contribution in [-0.4, -0.2) is 22.6 Å². The van der Waals surface area contributed by atoms with Crippen LogP contribution in [0.2, 0.25) is 0 Å². The number of halogens is 2. The van der Waals surface area contributed by atoms with Crippen molar-refractivity contribution in [2.45, 2.75) is 0 Å². The van der Waals surface area contributed by atoms with Crippen molar-refractivity contribution < 1.29 is 9.90 Å². The summed E-state index contributed by atoms with van der Waals surface area (Å²) < 4.78 is 1.88. The summed E-state index contributed by atoms with van der Waals surface area (Å²) in [7, 11) is 0. The van der Waals surface area contributed by atoms with Crippen molar-refractivity contribution in [1.82, 2.24) is 5.01 Å². The van der Waals surface area contributed by atoms with E-state index in [9.17, 15) is 4.79 Å². The van der Waals surface area contributed by atoms with Crippen LogP contribution in [0, 0.1) is 0 Å². The van der Waals surface area contributed by atoms with Gasteiger partial charge in [0.25, 0.3) is 0 Å². The normalized spacial score (nSPS) is 14.3. The summed E-state index contributed by atoms with van der Waals surface area (Å²) in [4.78, 5) is 10.9. The molecule has 1 aliphatic rings. The summed E-state index contributed by atoms with van der Waals surface area (Å²) in [5, 5.41) is 10.6. The Kier molecular flexibility index (Phi) is 4.08. The van der Waals surface area contributed by atoms with Gasteiger partial charge in [-0.05, 0) is 24.3 Å². The van der Waals surface area contributed by atoms with Gasteiger partial charge < -0.3 is 5.11 Å². The van der Waals surface area contributed by atoms with E-state index in [1.807, 2.05) is 18.2 Å². The first-order valence-electron chi connectivity index (χ1n) is 5.15. The molecule has 4 nitrogen and oxygen atoms in total. The van der Waals surface area contributed by atoms with Gasteiger partial charge in [0.15, 0.2) is 0 Å². The molecule has 0 aliphatic carbocycles. The fraction of sp³-hybridized carbons (Fsp3) is 0.0833. The van der Waals surface area contributed by atoms with Crippen LogP contribution in [0.4, 0.5) is 5.69 Å². The molecule has 94 valence electrons. The van der Waals surface area contributed by atoms with E-state index >= 15 is 0 Å². The zero-order chi connectivity index (χ0) is 13.1. The van der Waals surface area contributed by atoms with Crippen molar-refractivity contribution in [3.05, 3.63) is 51.1 Å². The van der Waals surface area contributed by atoms with Crippen LogP contribution >= 0.6 is 31.9 Å². The van der Waals surface area contributed by atoms with Crippen LogP contribution in [0.15, 0.2) is 51.1 Å². The van der Waals surface area contributed by atoms with Crippen LogP contribution in [0.3, 0.4) is 0 Å². The Morgan fingerprint density at radius 1 is 1.28 bits per heavy atom. The van der Waals surface area contributed by atoms with Gasteiger partial charge in [0.05, 0.1) is 17.8 Å². The molecule has 0 fully saturated rings. The molecule has 2 N–H and O–H groups in total. The quantitative estimate of drug-likeness (QED) is 0.852. The minimum absolute atomic E-state index is 0.253. The fourth-order valence-electron chi connectivity index (χ4n) is 1.55. The van der Waals surface area contributed by atoms with Gasteiger partial charge in [-0.3, -0.25) is 10.4 Å². The molecule has 1 aliphatic heterocycles. The van der Waals surface area contributed by atoms with Crippen molar-refractivity contribution in [1.29, 1.82) is 0 Å². The Morgan fingerprint density at radius 2 is 1.94 bits per heavy atom. The van der Waals surface area contributed by atoms with Crippen LogP contribution in [0.5, 0.6) is 0 Å². The number of hydrazine groups is 1. The number of carbonyl (C=O) groups is 1. The standard InChI is InChI=1S/C12H10Br2N2O2/c13-9-4-10(14)6-11(5-9)15-16-3-1-2-8(7-16)12(17)18/h1-2,4-7,15H,3H2,(H,17,18). The average Bonchev–Trinajstić information content (AvgIpc) is 2.27. The summed E-state index contributed by atoms with van der Waals surface area (Å²) in [5.41, 5.74) is 4.25. The summed E-state index contributed by atoms with van der Waals surface area (Å²) in [6.07, 6.45) is 4.96. The number of anilines is 1. The molecule has 1 heterocycles. The molecule has 0 atom stereocenters. The minimum atomic E-state index is -0.937. The van der Waals surface area contributed by atoms with Gasteiger partial charge in [0, 0.05) is 15.1 Å². The Morgan fingerprint density at radius 3 is 2.56 bits per heavy atom. The summed E-state index contributed by atoms with van der Waals surface area (Å²) in [6.45, 7) is 0.612. The molecule has 0 saturated carbocycles. The van der Waals surface area contributed by atoms with Crippen molar-refractivity contribution in [2.75, 3.05) is 12.0 Å². The Balaban J connectivity index is 2.15. The number of carboxylic acids is 1. The number of benzene rings is 1. The molecule has 0 unspecified atom stereocenters. The summed E-state index contributed by atoms with van der Waals surface area (Å²) in [6, 6.07) is 5.76. The van der Waals surface area contributed by atoms with Gasteiger partial charge >= 0.3 is 5.97 Å². The van der Waals surface area contributed by atoms with Crippen LogP contribution in [0.25, 0.3) is 0 Å². The lowest BCUT2D eigenvalue weighted by atomic mass is 10.2. The third-order valence-corrected chi connectivity index (χ3v) is 3.19. The van der Waals surface area contributed by atoms with Crippen LogP contribution < -0.4 is 5.43 Å². The van der Waals surface area contributed by atoms with Crippen LogP contribution in [0.1, 0.15) is 0 Å². The van der Waals surface area contributed by atoms with E-state index in [2.05, 4.69) is 37.3 Å². The SMILES string of the molecule is O=C(O)C1=CN(Nc2cc(Br)cc(Br)c2)CC=C1. The molecule has 0 amide bonds. The smallest absolute Gasteiger partial charge is 0.337 e. The zero-order valence-electron chi connectivity index (χ0n) is 9.23. The Hall–Kier alpha value is -1.27. The summed E-state index contributed by atoms with van der Waals surface area (Å²) in [5.74, 6) is -0.937. The van der Waals surface area contributed by atoms with E-state index in [-0.39, 0.29) is 5.57 Å². The third-order valence-electron chi connectivity index (χ3n) is 2.28. The minimum Gasteiger partial charge on any atom is -0.478 e. The topological polar surface area (TPSA) is 52.6 Å². The van der Waals surface area contributed by atoms with Crippen LogP contribution in [-0.2, 0) is 4.79 Å². The maximum atomic E-state index is 10.9. The fourth-order valence-corrected chi connectivity index (χ4v) is 2.84. The highest BCUT2D eigenvalue weighted by atomic mass is 79.9. The first kappa shape index (κ1) is 13.2. The van der Waals surface area contributed by atoms with E-state index in [4.69, 9.17) is 5.11 Å². The predicted octanol–water partition coefficient (Wildman–Crippen LogP) is 3.38. The lowest BCUT2D eigenvalue weighted by Crippen LogP contribution is -2.27.